The predicted octanol–water partition coefficient (Wildman–Crippen LogP) is 13.9. The molecule has 0 radical (unpaired) electrons. The molecule has 0 aliphatic heterocycles. The summed E-state index contributed by atoms with van der Waals surface area (Å²) in [4.78, 5) is 30.8. The van der Waals surface area contributed by atoms with Gasteiger partial charge in [0.1, 0.15) is 0 Å². The highest BCUT2D eigenvalue weighted by atomic mass is 16.5. The van der Waals surface area contributed by atoms with Gasteiger partial charge in [0.25, 0.3) is 0 Å². The molecule has 304 valence electrons. The van der Waals surface area contributed by atoms with Gasteiger partial charge in [0.15, 0.2) is 0 Å². The quantitative estimate of drug-likeness (QED) is 0.0467. The molecule has 2 atom stereocenters. The fraction of sp³-hybridized carbons (Fsp3) is 0.957. The van der Waals surface area contributed by atoms with Gasteiger partial charge in [-0.2, -0.15) is 0 Å². The number of hydrogen-bond acceptors (Lipinski definition) is 4. The normalized spacial score (nSPS) is 12.8. The fourth-order valence-corrected chi connectivity index (χ4v) is 7.55. The Kier molecular flexibility index (Phi) is 37.8. The van der Waals surface area contributed by atoms with Crippen molar-refractivity contribution < 1.29 is 14.3 Å². The zero-order valence-electron chi connectivity index (χ0n) is 35.7. The summed E-state index contributed by atoms with van der Waals surface area (Å²) >= 11 is 0. The predicted molar refractivity (Wildman–Crippen MR) is 224 cm³/mol. The average Bonchev–Trinajstić information content (AvgIpc) is 3.12. The van der Waals surface area contributed by atoms with Crippen LogP contribution in [0.15, 0.2) is 0 Å². The van der Waals surface area contributed by atoms with Gasteiger partial charge in [-0.15, -0.1) is 0 Å². The first-order valence-electron chi connectivity index (χ1n) is 23.0. The molecule has 0 heterocycles. The Balaban J connectivity index is 4.65. The molecule has 2 unspecified atom stereocenters. The standard InChI is InChI=1S/C46H92N2O3/c1-7-11-15-19-23-28-35-43(34-27-17-13-9-3)42-51-46(50)39-32-26-22-21-24-30-37-44(36-29-18-14-10-4)48(41-33-40-47(5)6)45(49)38-31-25-20-16-12-8-2/h43-44H,7-42H2,1-6H3. The number of amides is 1. The Morgan fingerprint density at radius 2 is 0.843 bits per heavy atom. The Bertz CT molecular complexity index is 742. The first kappa shape index (κ1) is 49.9. The molecule has 5 heteroatoms. The Hall–Kier alpha value is -1.10. The van der Waals surface area contributed by atoms with Gasteiger partial charge in [-0.25, -0.2) is 0 Å². The lowest BCUT2D eigenvalue weighted by Gasteiger charge is -2.33. The van der Waals surface area contributed by atoms with Gasteiger partial charge in [-0.1, -0.05) is 182 Å². The van der Waals surface area contributed by atoms with Crippen molar-refractivity contribution in [1.82, 2.24) is 9.80 Å². The molecule has 0 spiro atoms. The third-order valence-electron chi connectivity index (χ3n) is 11.0. The van der Waals surface area contributed by atoms with Crippen molar-refractivity contribution in [3.63, 3.8) is 0 Å². The molecule has 0 aromatic heterocycles. The van der Waals surface area contributed by atoms with Gasteiger partial charge in [-0.05, 0) is 71.5 Å². The van der Waals surface area contributed by atoms with E-state index in [0.717, 1.165) is 58.0 Å². The zero-order valence-corrected chi connectivity index (χ0v) is 35.7. The summed E-state index contributed by atoms with van der Waals surface area (Å²) in [6.07, 6.45) is 39.6. The smallest absolute Gasteiger partial charge is 0.305 e. The van der Waals surface area contributed by atoms with Gasteiger partial charge in [-0.3, -0.25) is 9.59 Å². The second kappa shape index (κ2) is 38.6. The molecule has 0 aliphatic rings. The molecule has 0 aromatic carbocycles. The van der Waals surface area contributed by atoms with Crippen LogP contribution in [0.5, 0.6) is 0 Å². The van der Waals surface area contributed by atoms with Crippen molar-refractivity contribution in [1.29, 1.82) is 0 Å². The van der Waals surface area contributed by atoms with Crippen LogP contribution < -0.4 is 0 Å². The van der Waals surface area contributed by atoms with Crippen LogP contribution in [0.3, 0.4) is 0 Å². The third-order valence-corrected chi connectivity index (χ3v) is 11.0. The van der Waals surface area contributed by atoms with Crippen LogP contribution in [-0.4, -0.2) is 61.5 Å². The van der Waals surface area contributed by atoms with Gasteiger partial charge in [0, 0.05) is 25.4 Å². The molecule has 0 aromatic rings. The minimum Gasteiger partial charge on any atom is -0.465 e. The SMILES string of the molecule is CCCCCCCCC(=O)N(CCCN(C)C)C(CCCCCC)CCCCCCCCC(=O)OCC(CCCCCC)CCCCCCCC. The highest BCUT2D eigenvalue weighted by molar-refractivity contribution is 5.76. The lowest BCUT2D eigenvalue weighted by Crippen LogP contribution is -2.41. The maximum atomic E-state index is 13.6. The van der Waals surface area contributed by atoms with Crippen LogP contribution >= 0.6 is 0 Å². The summed E-state index contributed by atoms with van der Waals surface area (Å²) in [5.74, 6) is 0.964. The van der Waals surface area contributed by atoms with Crippen molar-refractivity contribution in [2.24, 2.45) is 5.92 Å². The second-order valence-electron chi connectivity index (χ2n) is 16.4. The van der Waals surface area contributed by atoms with E-state index < -0.39 is 0 Å². The van der Waals surface area contributed by atoms with Crippen LogP contribution in [0.2, 0.25) is 0 Å². The summed E-state index contributed by atoms with van der Waals surface area (Å²) in [5.41, 5.74) is 0. The average molecular weight is 721 g/mol. The van der Waals surface area contributed by atoms with Gasteiger partial charge in [0.05, 0.1) is 6.61 Å². The van der Waals surface area contributed by atoms with Gasteiger partial charge >= 0.3 is 5.97 Å². The van der Waals surface area contributed by atoms with E-state index in [0.29, 0.717) is 30.9 Å². The molecule has 51 heavy (non-hydrogen) atoms. The highest BCUT2D eigenvalue weighted by Crippen LogP contribution is 2.22. The van der Waals surface area contributed by atoms with E-state index in [1.54, 1.807) is 0 Å². The second-order valence-corrected chi connectivity index (χ2v) is 16.4. The van der Waals surface area contributed by atoms with E-state index in [-0.39, 0.29) is 5.97 Å². The molecule has 0 fully saturated rings. The Labute approximate surface area is 320 Å². The van der Waals surface area contributed by atoms with Crippen LogP contribution in [0.25, 0.3) is 0 Å². The number of carbonyl (C=O) groups excluding carboxylic acids is 2. The lowest BCUT2D eigenvalue weighted by molar-refractivity contribution is -0.145. The van der Waals surface area contributed by atoms with E-state index in [2.05, 4.69) is 51.6 Å². The number of ether oxygens (including phenoxy) is 1. The van der Waals surface area contributed by atoms with E-state index in [1.807, 2.05) is 0 Å². The summed E-state index contributed by atoms with van der Waals surface area (Å²) in [5, 5.41) is 0. The summed E-state index contributed by atoms with van der Waals surface area (Å²) in [7, 11) is 4.27. The van der Waals surface area contributed by atoms with E-state index in [4.69, 9.17) is 4.74 Å². The van der Waals surface area contributed by atoms with Crippen LogP contribution in [0.4, 0.5) is 0 Å². The fourth-order valence-electron chi connectivity index (χ4n) is 7.55. The number of nitrogens with zero attached hydrogens (tertiary/aromatic N) is 2. The molecule has 0 aliphatic carbocycles. The van der Waals surface area contributed by atoms with Crippen LogP contribution in [0, 0.1) is 5.92 Å². The van der Waals surface area contributed by atoms with Gasteiger partial charge < -0.3 is 14.5 Å². The first-order valence-corrected chi connectivity index (χ1v) is 23.0. The maximum Gasteiger partial charge on any atom is 0.305 e. The van der Waals surface area contributed by atoms with Crippen molar-refractivity contribution in [2.45, 2.75) is 246 Å². The zero-order chi connectivity index (χ0) is 37.6. The topological polar surface area (TPSA) is 49.9 Å². The maximum absolute atomic E-state index is 13.6. The van der Waals surface area contributed by atoms with Crippen LogP contribution in [-0.2, 0) is 14.3 Å². The first-order chi connectivity index (χ1) is 24.9. The highest BCUT2D eigenvalue weighted by Gasteiger charge is 2.23. The van der Waals surface area contributed by atoms with Crippen molar-refractivity contribution in [3.8, 4) is 0 Å². The van der Waals surface area contributed by atoms with E-state index in [1.165, 1.54) is 161 Å². The van der Waals surface area contributed by atoms with Crippen molar-refractivity contribution in [3.05, 3.63) is 0 Å². The summed E-state index contributed by atoms with van der Waals surface area (Å²) < 4.78 is 5.83. The van der Waals surface area contributed by atoms with E-state index >= 15 is 0 Å². The molecular weight excluding hydrogens is 629 g/mol. The molecule has 0 rings (SSSR count). The summed E-state index contributed by atoms with van der Waals surface area (Å²) in [6.45, 7) is 11.7. The minimum absolute atomic E-state index is 0.0161. The Morgan fingerprint density at radius 3 is 1.31 bits per heavy atom. The molecule has 0 N–H and O–H groups in total. The number of hydrogen-bond donors (Lipinski definition) is 0. The largest absolute Gasteiger partial charge is 0.465 e. The molecule has 0 bridgehead atoms. The molecular formula is C46H92N2O3. The van der Waals surface area contributed by atoms with Crippen molar-refractivity contribution in [2.75, 3.05) is 33.8 Å². The third kappa shape index (κ3) is 33.2. The van der Waals surface area contributed by atoms with Gasteiger partial charge in [0.2, 0.25) is 5.91 Å². The molecule has 5 nitrogen and oxygen atoms in total. The van der Waals surface area contributed by atoms with E-state index in [9.17, 15) is 9.59 Å². The molecule has 0 saturated carbocycles. The molecule has 1 amide bonds. The monoisotopic (exact) mass is 721 g/mol. The summed E-state index contributed by atoms with van der Waals surface area (Å²) in [6, 6.07) is 0.392. The minimum atomic E-state index is 0.0161. The number of esters is 1. The lowest BCUT2D eigenvalue weighted by atomic mass is 9.95. The van der Waals surface area contributed by atoms with Crippen LogP contribution in [0.1, 0.15) is 240 Å². The number of unbranched alkanes of at least 4 members (excludes halogenated alkanes) is 21. The Morgan fingerprint density at radius 1 is 0.451 bits per heavy atom. The molecule has 0 saturated heterocycles. The van der Waals surface area contributed by atoms with Crippen molar-refractivity contribution >= 4 is 11.9 Å². The number of rotatable bonds is 40. The number of carbonyl (C=O) groups is 2.